The molecule has 0 radical (unpaired) electrons. The Bertz CT molecular complexity index is 1540. The molecule has 1 amide bonds. The number of hydrogen-bond acceptors (Lipinski definition) is 8. The first-order chi connectivity index (χ1) is 21.1. The van der Waals surface area contributed by atoms with Crippen LogP contribution in [0.2, 0.25) is 5.02 Å². The second-order valence-corrected chi connectivity index (χ2v) is 14.2. The molecule has 2 bridgehead atoms. The van der Waals surface area contributed by atoms with Gasteiger partial charge in [-0.05, 0) is 84.0 Å². The fourth-order valence-electron chi connectivity index (χ4n) is 7.51. The lowest BCUT2D eigenvalue weighted by atomic mass is 10.0. The molecule has 10 heteroatoms. The van der Waals surface area contributed by atoms with Gasteiger partial charge < -0.3 is 24.2 Å². The average molecular weight is 619 g/mol. The minimum atomic E-state index is -0.515. The summed E-state index contributed by atoms with van der Waals surface area (Å²) in [5, 5.41) is 2.97. The molecule has 4 aliphatic heterocycles. The smallest absolute Gasteiger partial charge is 0.410 e. The molecule has 3 unspecified atom stereocenters. The number of nitrogens with zero attached hydrogens (tertiary/aromatic N) is 6. The molecule has 9 nitrogen and oxygen atoms in total. The monoisotopic (exact) mass is 618 g/mol. The zero-order valence-electron chi connectivity index (χ0n) is 26.3. The van der Waals surface area contributed by atoms with Gasteiger partial charge in [0.2, 0.25) is 0 Å². The highest BCUT2D eigenvalue weighted by Crippen LogP contribution is 2.39. The van der Waals surface area contributed by atoms with E-state index >= 15 is 0 Å². The van der Waals surface area contributed by atoms with Gasteiger partial charge >= 0.3 is 12.1 Å². The number of anilines is 2. The molecule has 1 aromatic heterocycles. The van der Waals surface area contributed by atoms with E-state index in [4.69, 9.17) is 31.0 Å². The molecular formula is C34H43ClN6O3. The van der Waals surface area contributed by atoms with Crippen LogP contribution in [-0.2, 0) is 17.7 Å². The van der Waals surface area contributed by atoms with E-state index in [1.54, 1.807) is 0 Å². The number of likely N-dealkylation sites (tertiary alicyclic amines) is 1. The van der Waals surface area contributed by atoms with Gasteiger partial charge in [-0.15, -0.1) is 0 Å². The van der Waals surface area contributed by atoms with Gasteiger partial charge in [-0.3, -0.25) is 4.90 Å². The Morgan fingerprint density at radius 2 is 1.75 bits per heavy atom. The second-order valence-electron chi connectivity index (χ2n) is 13.8. The van der Waals surface area contributed by atoms with E-state index in [0.717, 1.165) is 84.9 Å². The molecule has 0 spiro atoms. The van der Waals surface area contributed by atoms with Crippen LogP contribution in [0.15, 0.2) is 36.4 Å². The second kappa shape index (κ2) is 11.6. The highest BCUT2D eigenvalue weighted by molar-refractivity contribution is 6.36. The van der Waals surface area contributed by atoms with Crippen LogP contribution in [0.4, 0.5) is 16.3 Å². The molecule has 7 rings (SSSR count). The van der Waals surface area contributed by atoms with Gasteiger partial charge in [0.15, 0.2) is 0 Å². The Morgan fingerprint density at radius 3 is 2.45 bits per heavy atom. The van der Waals surface area contributed by atoms with Crippen LogP contribution < -0.4 is 14.5 Å². The number of amides is 1. The molecule has 5 heterocycles. The lowest BCUT2D eigenvalue weighted by molar-refractivity contribution is 0.0122. The number of fused-ring (bicyclic) bond motifs is 4. The fraction of sp³-hybridized carbons (Fsp3) is 0.559. The average Bonchev–Trinajstić information content (AvgIpc) is 3.52. The van der Waals surface area contributed by atoms with E-state index in [-0.39, 0.29) is 18.2 Å². The van der Waals surface area contributed by atoms with Gasteiger partial charge in [-0.1, -0.05) is 35.9 Å². The lowest BCUT2D eigenvalue weighted by Gasteiger charge is -2.43. The standard InChI is InChI=1S/C34H43ClN6O3/c1-34(2,3)44-33(42)41-23-13-14-24(41)19-40(18-23)31-26-15-17-39(29-12-6-9-22-8-5-11-27(35)30(22)29)20-28(26)36-32(37-31)43-21-25-10-7-16-38(25)4/h5-6,8-9,11-12,23-25H,7,10,13-21H2,1-4H3. The number of benzene rings is 2. The van der Waals surface area contributed by atoms with Crippen molar-refractivity contribution in [2.45, 2.75) is 83.1 Å². The van der Waals surface area contributed by atoms with E-state index < -0.39 is 5.60 Å². The maximum atomic E-state index is 13.2. The predicted molar refractivity (Wildman–Crippen MR) is 174 cm³/mol. The van der Waals surface area contributed by atoms with E-state index in [2.05, 4.69) is 46.0 Å². The minimum Gasteiger partial charge on any atom is -0.462 e. The topological polar surface area (TPSA) is 74.3 Å². The summed E-state index contributed by atoms with van der Waals surface area (Å²) in [5.41, 5.74) is 2.79. The molecular weight excluding hydrogens is 576 g/mol. The van der Waals surface area contributed by atoms with Gasteiger partial charge in [0.05, 0.1) is 29.3 Å². The van der Waals surface area contributed by atoms with Crippen molar-refractivity contribution in [2.75, 3.05) is 49.6 Å². The zero-order chi connectivity index (χ0) is 30.6. The Balaban J connectivity index is 1.20. The summed E-state index contributed by atoms with van der Waals surface area (Å²) in [7, 11) is 2.16. The SMILES string of the molecule is CN1CCCC1COc1nc2c(c(N3CC4CCC(C3)N4C(=O)OC(C)(C)C)n1)CCN(c1cccc3cccc(Cl)c13)C2. The summed E-state index contributed by atoms with van der Waals surface area (Å²) in [5.74, 6) is 0.959. The highest BCUT2D eigenvalue weighted by Gasteiger charge is 2.45. The maximum absolute atomic E-state index is 13.2. The van der Waals surface area contributed by atoms with Crippen molar-refractivity contribution in [1.82, 2.24) is 19.8 Å². The summed E-state index contributed by atoms with van der Waals surface area (Å²) in [6.07, 6.45) is 4.87. The first-order valence-corrected chi connectivity index (χ1v) is 16.4. The number of likely N-dealkylation sites (N-methyl/N-ethyl adjacent to an activating group) is 1. The molecule has 234 valence electrons. The third-order valence-corrected chi connectivity index (χ3v) is 9.97. The first-order valence-electron chi connectivity index (χ1n) is 16.1. The van der Waals surface area contributed by atoms with Crippen molar-refractivity contribution in [3.05, 3.63) is 52.7 Å². The van der Waals surface area contributed by atoms with Crippen LogP contribution in [0.3, 0.4) is 0 Å². The van der Waals surface area contributed by atoms with Gasteiger partial charge in [-0.2, -0.15) is 9.97 Å². The largest absolute Gasteiger partial charge is 0.462 e. The number of rotatable bonds is 5. The van der Waals surface area contributed by atoms with E-state index in [0.29, 0.717) is 25.2 Å². The number of halogens is 1. The molecule has 44 heavy (non-hydrogen) atoms. The van der Waals surface area contributed by atoms with Crippen molar-refractivity contribution in [3.8, 4) is 6.01 Å². The maximum Gasteiger partial charge on any atom is 0.410 e. The molecule has 3 aromatic rings. The van der Waals surface area contributed by atoms with E-state index in [1.165, 1.54) is 12.0 Å². The number of carbonyl (C=O) groups is 1. The van der Waals surface area contributed by atoms with Gasteiger partial charge in [0, 0.05) is 42.3 Å². The lowest BCUT2D eigenvalue weighted by Crippen LogP contribution is -2.57. The Morgan fingerprint density at radius 1 is 1.00 bits per heavy atom. The third kappa shape index (κ3) is 5.65. The van der Waals surface area contributed by atoms with Crippen LogP contribution in [0.25, 0.3) is 10.8 Å². The number of ether oxygens (including phenoxy) is 2. The Kier molecular flexibility index (Phi) is 7.73. The van der Waals surface area contributed by atoms with Crippen molar-refractivity contribution >= 4 is 40.0 Å². The Hall–Kier alpha value is -3.30. The minimum absolute atomic E-state index is 0.101. The third-order valence-electron chi connectivity index (χ3n) is 9.66. The van der Waals surface area contributed by atoms with Crippen LogP contribution in [0, 0.1) is 0 Å². The van der Waals surface area contributed by atoms with E-state index in [1.807, 2.05) is 37.8 Å². The summed E-state index contributed by atoms with van der Waals surface area (Å²) >= 11 is 6.73. The van der Waals surface area contributed by atoms with Gasteiger partial charge in [-0.25, -0.2) is 4.79 Å². The molecule has 2 aromatic carbocycles. The van der Waals surface area contributed by atoms with Crippen molar-refractivity contribution in [1.29, 1.82) is 0 Å². The molecule has 3 fully saturated rings. The summed E-state index contributed by atoms with van der Waals surface area (Å²) in [6, 6.07) is 13.5. The fourth-order valence-corrected chi connectivity index (χ4v) is 7.79. The Labute approximate surface area is 265 Å². The number of carbonyl (C=O) groups excluding carboxylic acids is 1. The normalized spacial score (nSPS) is 23.8. The number of piperazine rings is 1. The van der Waals surface area contributed by atoms with Crippen LogP contribution in [0.5, 0.6) is 6.01 Å². The molecule has 0 N–H and O–H groups in total. The molecule has 0 aliphatic carbocycles. The van der Waals surface area contributed by atoms with Crippen molar-refractivity contribution in [2.24, 2.45) is 0 Å². The van der Waals surface area contributed by atoms with Gasteiger partial charge in [0.1, 0.15) is 18.0 Å². The quantitative estimate of drug-likeness (QED) is 0.350. The number of aromatic nitrogens is 2. The first kappa shape index (κ1) is 29.4. The molecule has 4 aliphatic rings. The zero-order valence-corrected chi connectivity index (χ0v) is 27.0. The van der Waals surface area contributed by atoms with Gasteiger partial charge in [0.25, 0.3) is 0 Å². The predicted octanol–water partition coefficient (Wildman–Crippen LogP) is 5.91. The summed E-state index contributed by atoms with van der Waals surface area (Å²) < 4.78 is 12.2. The van der Waals surface area contributed by atoms with Crippen LogP contribution >= 0.6 is 11.6 Å². The highest BCUT2D eigenvalue weighted by atomic mass is 35.5. The molecule has 0 saturated carbocycles. The summed E-state index contributed by atoms with van der Waals surface area (Å²) in [6.45, 7) is 10.4. The molecule has 3 saturated heterocycles. The number of hydrogen-bond donors (Lipinski definition) is 0. The van der Waals surface area contributed by atoms with Crippen molar-refractivity contribution < 1.29 is 14.3 Å². The molecule has 3 atom stereocenters. The van der Waals surface area contributed by atoms with E-state index in [9.17, 15) is 4.79 Å². The van der Waals surface area contributed by atoms with Crippen LogP contribution in [-0.4, -0.2) is 89.4 Å². The van der Waals surface area contributed by atoms with Crippen LogP contribution in [0.1, 0.15) is 57.7 Å². The summed E-state index contributed by atoms with van der Waals surface area (Å²) in [4.78, 5) is 32.4. The van der Waals surface area contributed by atoms with Crippen molar-refractivity contribution in [3.63, 3.8) is 0 Å².